The molecule has 1 aromatic heterocycles. The van der Waals surface area contributed by atoms with E-state index in [1.165, 1.54) is 0 Å². The number of H-pyrrole nitrogens is 1. The van der Waals surface area contributed by atoms with E-state index in [-0.39, 0.29) is 18.0 Å². The van der Waals surface area contributed by atoms with Crippen molar-refractivity contribution >= 4 is 5.97 Å². The Labute approximate surface area is 85.6 Å². The predicted octanol–water partition coefficient (Wildman–Crippen LogP) is 2.30. The van der Waals surface area contributed by atoms with Crippen molar-refractivity contribution in [1.29, 1.82) is 0 Å². The van der Waals surface area contributed by atoms with E-state index >= 15 is 0 Å². The van der Waals surface area contributed by atoms with Crippen LogP contribution in [-0.4, -0.2) is 22.8 Å². The van der Waals surface area contributed by atoms with Crippen molar-refractivity contribution in [2.45, 2.75) is 26.2 Å². The molecule has 0 saturated heterocycles. The summed E-state index contributed by atoms with van der Waals surface area (Å²) in [7, 11) is 0. The highest BCUT2D eigenvalue weighted by atomic mass is 19.3. The minimum absolute atomic E-state index is 0.110. The van der Waals surface area contributed by atoms with Crippen molar-refractivity contribution in [2.75, 3.05) is 6.61 Å². The highest BCUT2D eigenvalue weighted by molar-refractivity contribution is 5.87. The maximum absolute atomic E-state index is 12.1. The molecular formula is C9H12F2N2O2. The molecule has 0 radical (unpaired) electrons. The topological polar surface area (TPSA) is 55.0 Å². The molecule has 0 saturated carbocycles. The molecule has 1 N–H and O–H groups in total. The van der Waals surface area contributed by atoms with Gasteiger partial charge in [-0.15, -0.1) is 0 Å². The van der Waals surface area contributed by atoms with Crippen LogP contribution >= 0.6 is 0 Å². The first-order chi connectivity index (χ1) is 7.15. The van der Waals surface area contributed by atoms with Crippen molar-refractivity contribution in [3.8, 4) is 0 Å². The van der Waals surface area contributed by atoms with Crippen LogP contribution in [0.3, 0.4) is 0 Å². The first kappa shape index (κ1) is 11.6. The molecule has 0 fully saturated rings. The minimum atomic E-state index is -2.66. The molecule has 0 unspecified atom stereocenters. The van der Waals surface area contributed by atoms with Gasteiger partial charge < -0.3 is 4.74 Å². The van der Waals surface area contributed by atoms with Gasteiger partial charge in [0.25, 0.3) is 6.43 Å². The van der Waals surface area contributed by atoms with Crippen molar-refractivity contribution in [2.24, 2.45) is 0 Å². The second-order valence-corrected chi connectivity index (χ2v) is 3.00. The Morgan fingerprint density at radius 1 is 1.67 bits per heavy atom. The largest absolute Gasteiger partial charge is 0.461 e. The van der Waals surface area contributed by atoms with Gasteiger partial charge in [0.15, 0.2) is 5.69 Å². The van der Waals surface area contributed by atoms with E-state index in [9.17, 15) is 13.6 Å². The van der Waals surface area contributed by atoms with Crippen LogP contribution in [-0.2, 0) is 4.74 Å². The number of carbonyl (C=O) groups is 1. The molecule has 1 heterocycles. The Morgan fingerprint density at radius 2 is 2.40 bits per heavy atom. The standard InChI is InChI=1S/C9H12F2N2O2/c1-2-3-4-15-9(14)7-5-6(8(10)11)12-13-7/h5,8H,2-4H2,1H3,(H,12,13). The van der Waals surface area contributed by atoms with E-state index in [2.05, 4.69) is 10.2 Å². The minimum Gasteiger partial charge on any atom is -0.461 e. The Morgan fingerprint density at radius 3 is 2.93 bits per heavy atom. The maximum atomic E-state index is 12.1. The number of carbonyl (C=O) groups excluding carboxylic acids is 1. The van der Waals surface area contributed by atoms with Gasteiger partial charge in [0.05, 0.1) is 6.61 Å². The van der Waals surface area contributed by atoms with Crippen LogP contribution in [0.5, 0.6) is 0 Å². The van der Waals surface area contributed by atoms with E-state index in [4.69, 9.17) is 4.74 Å². The predicted molar refractivity (Wildman–Crippen MR) is 48.7 cm³/mol. The van der Waals surface area contributed by atoms with Gasteiger partial charge in [-0.25, -0.2) is 13.6 Å². The molecule has 0 aliphatic heterocycles. The van der Waals surface area contributed by atoms with E-state index in [0.717, 1.165) is 18.9 Å². The molecular weight excluding hydrogens is 206 g/mol. The summed E-state index contributed by atoms with van der Waals surface area (Å²) in [5.41, 5.74) is -0.487. The van der Waals surface area contributed by atoms with Crippen molar-refractivity contribution in [3.63, 3.8) is 0 Å². The number of halogens is 2. The molecule has 6 heteroatoms. The van der Waals surface area contributed by atoms with E-state index in [1.54, 1.807) is 0 Å². The Balaban J connectivity index is 2.51. The molecule has 15 heavy (non-hydrogen) atoms. The first-order valence-corrected chi connectivity index (χ1v) is 4.65. The molecule has 1 aromatic rings. The summed E-state index contributed by atoms with van der Waals surface area (Å²) in [5.74, 6) is -0.674. The highest BCUT2D eigenvalue weighted by Crippen LogP contribution is 2.16. The van der Waals surface area contributed by atoms with Crippen LogP contribution in [0.25, 0.3) is 0 Å². The fourth-order valence-corrected chi connectivity index (χ4v) is 0.936. The summed E-state index contributed by atoms with van der Waals surface area (Å²) in [6, 6.07) is 0.999. The quantitative estimate of drug-likeness (QED) is 0.609. The van der Waals surface area contributed by atoms with E-state index < -0.39 is 12.4 Å². The van der Waals surface area contributed by atoms with Gasteiger partial charge >= 0.3 is 5.97 Å². The van der Waals surface area contributed by atoms with Gasteiger partial charge in [0, 0.05) is 0 Å². The number of aromatic nitrogens is 2. The number of esters is 1. The second-order valence-electron chi connectivity index (χ2n) is 3.00. The zero-order valence-electron chi connectivity index (χ0n) is 8.30. The van der Waals surface area contributed by atoms with Crippen molar-refractivity contribution < 1.29 is 18.3 Å². The van der Waals surface area contributed by atoms with Gasteiger partial charge in [-0.05, 0) is 12.5 Å². The zero-order chi connectivity index (χ0) is 11.3. The van der Waals surface area contributed by atoms with Gasteiger partial charge in [-0.2, -0.15) is 5.10 Å². The Kier molecular flexibility index (Phi) is 4.20. The van der Waals surface area contributed by atoms with E-state index in [0.29, 0.717) is 0 Å². The third-order valence-electron chi connectivity index (χ3n) is 1.77. The molecule has 4 nitrogen and oxygen atoms in total. The van der Waals surface area contributed by atoms with Crippen molar-refractivity contribution in [1.82, 2.24) is 10.2 Å². The lowest BCUT2D eigenvalue weighted by Crippen LogP contribution is -2.06. The Hall–Kier alpha value is -1.46. The number of nitrogens with zero attached hydrogens (tertiary/aromatic N) is 1. The van der Waals surface area contributed by atoms with Crippen LogP contribution in [0.4, 0.5) is 8.78 Å². The number of unbranched alkanes of at least 4 members (excludes halogenated alkanes) is 1. The second kappa shape index (κ2) is 5.43. The number of ether oxygens (including phenoxy) is 1. The van der Waals surface area contributed by atoms with Crippen LogP contribution in [0.15, 0.2) is 6.07 Å². The summed E-state index contributed by atoms with van der Waals surface area (Å²) in [5, 5.41) is 5.51. The number of alkyl halides is 2. The molecule has 0 spiro atoms. The monoisotopic (exact) mass is 218 g/mol. The van der Waals surface area contributed by atoms with Crippen LogP contribution in [0.2, 0.25) is 0 Å². The van der Waals surface area contributed by atoms with Gasteiger partial charge in [0.1, 0.15) is 5.69 Å². The number of rotatable bonds is 5. The third kappa shape index (κ3) is 3.30. The maximum Gasteiger partial charge on any atom is 0.358 e. The summed E-state index contributed by atoms with van der Waals surface area (Å²) < 4.78 is 29.0. The molecule has 0 aromatic carbocycles. The summed E-state index contributed by atoms with van der Waals surface area (Å²) >= 11 is 0. The fraction of sp³-hybridized carbons (Fsp3) is 0.556. The average molecular weight is 218 g/mol. The molecule has 0 amide bonds. The number of aromatic amines is 1. The van der Waals surface area contributed by atoms with Gasteiger partial charge in [-0.1, -0.05) is 13.3 Å². The third-order valence-corrected chi connectivity index (χ3v) is 1.77. The Bertz CT molecular complexity index is 326. The number of hydrogen-bond acceptors (Lipinski definition) is 3. The molecule has 0 aliphatic carbocycles. The summed E-state index contributed by atoms with van der Waals surface area (Å²) in [6.45, 7) is 2.24. The number of nitrogens with one attached hydrogen (secondary N) is 1. The molecule has 84 valence electrons. The SMILES string of the molecule is CCCCOC(=O)c1cc(C(F)F)[nH]n1. The number of hydrogen-bond donors (Lipinski definition) is 1. The smallest absolute Gasteiger partial charge is 0.358 e. The fourth-order valence-electron chi connectivity index (χ4n) is 0.936. The van der Waals surface area contributed by atoms with Crippen LogP contribution < -0.4 is 0 Å². The highest BCUT2D eigenvalue weighted by Gasteiger charge is 2.16. The lowest BCUT2D eigenvalue weighted by atomic mass is 10.3. The molecule has 0 aliphatic rings. The lowest BCUT2D eigenvalue weighted by Gasteiger charge is -1.99. The summed E-state index contributed by atoms with van der Waals surface area (Å²) in [6.07, 6.45) is -1.01. The van der Waals surface area contributed by atoms with E-state index in [1.807, 2.05) is 6.92 Å². The van der Waals surface area contributed by atoms with Crippen molar-refractivity contribution in [3.05, 3.63) is 17.5 Å². The molecule has 0 bridgehead atoms. The summed E-state index contributed by atoms with van der Waals surface area (Å²) in [4.78, 5) is 11.2. The molecule has 1 rings (SSSR count). The average Bonchev–Trinajstić information content (AvgIpc) is 2.66. The zero-order valence-corrected chi connectivity index (χ0v) is 8.30. The van der Waals surface area contributed by atoms with Gasteiger partial charge in [-0.3, -0.25) is 5.10 Å². The first-order valence-electron chi connectivity index (χ1n) is 4.65. The molecule has 0 atom stereocenters. The van der Waals surface area contributed by atoms with Crippen LogP contribution in [0.1, 0.15) is 42.4 Å². The normalized spacial score (nSPS) is 10.7. The van der Waals surface area contributed by atoms with Gasteiger partial charge in [0.2, 0.25) is 0 Å². The lowest BCUT2D eigenvalue weighted by molar-refractivity contribution is 0.0493. The van der Waals surface area contributed by atoms with Crippen LogP contribution in [0, 0.1) is 0 Å².